The summed E-state index contributed by atoms with van der Waals surface area (Å²) in [7, 11) is -3.58. The zero-order valence-electron chi connectivity index (χ0n) is 12.8. The molecule has 23 heavy (non-hydrogen) atoms. The summed E-state index contributed by atoms with van der Waals surface area (Å²) < 4.78 is 39.1. The standard InChI is InChI=1S/C15H18FNO4S2/c1-10(2)14(17(19)9-18)8-23(20,21)7-11-3-4-15-12(5-11)13(16)6-22-15/h3-6,9-10,14,19H,7-8H2,1-2H3/t14-/m1/s1. The number of hydrogen-bond acceptors (Lipinski definition) is 5. The Morgan fingerprint density at radius 2 is 2.09 bits per heavy atom. The molecule has 0 aliphatic carbocycles. The molecular weight excluding hydrogens is 341 g/mol. The Hall–Kier alpha value is -1.51. The average molecular weight is 359 g/mol. The van der Waals surface area contributed by atoms with Crippen molar-refractivity contribution in [2.75, 3.05) is 5.75 Å². The van der Waals surface area contributed by atoms with Gasteiger partial charge in [-0.2, -0.15) is 0 Å². The van der Waals surface area contributed by atoms with Crippen LogP contribution < -0.4 is 0 Å². The van der Waals surface area contributed by atoms with Gasteiger partial charge < -0.3 is 0 Å². The molecule has 8 heteroatoms. The van der Waals surface area contributed by atoms with E-state index in [1.807, 2.05) is 0 Å². The van der Waals surface area contributed by atoms with Crippen LogP contribution in [0.3, 0.4) is 0 Å². The summed E-state index contributed by atoms with van der Waals surface area (Å²) in [6.07, 6.45) is 0.201. The number of sulfone groups is 1. The number of benzene rings is 1. The van der Waals surface area contributed by atoms with Crippen LogP contribution in [-0.2, 0) is 20.4 Å². The highest BCUT2D eigenvalue weighted by Crippen LogP contribution is 2.26. The maximum absolute atomic E-state index is 13.6. The van der Waals surface area contributed by atoms with E-state index < -0.39 is 15.9 Å². The van der Waals surface area contributed by atoms with Crippen LogP contribution in [0.5, 0.6) is 0 Å². The lowest BCUT2D eigenvalue weighted by Crippen LogP contribution is -2.41. The van der Waals surface area contributed by atoms with Gasteiger partial charge in [-0.05, 0) is 23.6 Å². The van der Waals surface area contributed by atoms with Crippen LogP contribution in [0.25, 0.3) is 10.1 Å². The molecule has 126 valence electrons. The van der Waals surface area contributed by atoms with Crippen LogP contribution in [-0.4, -0.2) is 36.9 Å². The maximum Gasteiger partial charge on any atom is 0.233 e. The minimum atomic E-state index is -3.58. The van der Waals surface area contributed by atoms with Gasteiger partial charge in [0.2, 0.25) is 6.41 Å². The van der Waals surface area contributed by atoms with Crippen LogP contribution in [0.2, 0.25) is 0 Å². The predicted octanol–water partition coefficient (Wildman–Crippen LogP) is 2.83. The van der Waals surface area contributed by atoms with E-state index in [2.05, 4.69) is 0 Å². The van der Waals surface area contributed by atoms with Gasteiger partial charge in [-0.3, -0.25) is 10.0 Å². The van der Waals surface area contributed by atoms with E-state index in [-0.39, 0.29) is 29.7 Å². The topological polar surface area (TPSA) is 74.7 Å². The molecule has 5 nitrogen and oxygen atoms in total. The average Bonchev–Trinajstić information content (AvgIpc) is 2.84. The van der Waals surface area contributed by atoms with Crippen molar-refractivity contribution in [3.8, 4) is 0 Å². The van der Waals surface area contributed by atoms with Crippen molar-refractivity contribution in [2.24, 2.45) is 5.92 Å². The second-order valence-corrected chi connectivity index (χ2v) is 8.79. The first kappa shape index (κ1) is 17.8. The molecule has 1 aromatic carbocycles. The molecule has 1 aromatic heterocycles. The van der Waals surface area contributed by atoms with E-state index in [1.165, 1.54) is 22.8 Å². The zero-order valence-corrected chi connectivity index (χ0v) is 14.4. The second kappa shape index (κ2) is 6.94. The largest absolute Gasteiger partial charge is 0.286 e. The van der Waals surface area contributed by atoms with E-state index in [0.717, 1.165) is 4.70 Å². The van der Waals surface area contributed by atoms with Gasteiger partial charge in [-0.15, -0.1) is 11.3 Å². The minimum absolute atomic E-state index is 0.201. The highest BCUT2D eigenvalue weighted by molar-refractivity contribution is 7.90. The van der Waals surface area contributed by atoms with Gasteiger partial charge in [-0.1, -0.05) is 19.9 Å². The lowest BCUT2D eigenvalue weighted by Gasteiger charge is -2.25. The summed E-state index contributed by atoms with van der Waals surface area (Å²) in [5.41, 5.74) is 0.480. The van der Waals surface area contributed by atoms with Gasteiger partial charge >= 0.3 is 0 Å². The van der Waals surface area contributed by atoms with Gasteiger partial charge in [-0.25, -0.2) is 17.9 Å². The Bertz CT molecular complexity index is 801. The van der Waals surface area contributed by atoms with Gasteiger partial charge in [0.25, 0.3) is 0 Å². The molecule has 0 aliphatic rings. The number of fused-ring (bicyclic) bond motifs is 1. The van der Waals surface area contributed by atoms with Crippen molar-refractivity contribution in [1.29, 1.82) is 0 Å². The maximum atomic E-state index is 13.6. The number of rotatable bonds is 7. The first-order valence-corrected chi connectivity index (χ1v) is 9.72. The quantitative estimate of drug-likeness (QED) is 0.469. The molecule has 0 saturated carbocycles. The molecule has 0 saturated heterocycles. The molecule has 1 amide bonds. The number of thiophene rings is 1. The summed E-state index contributed by atoms with van der Waals surface area (Å²) in [6.45, 7) is 3.44. The first-order chi connectivity index (χ1) is 10.7. The Kier molecular flexibility index (Phi) is 5.38. The number of hydroxylamine groups is 2. The van der Waals surface area contributed by atoms with E-state index in [1.54, 1.807) is 26.0 Å². The molecule has 2 aromatic rings. The Labute approximate surface area is 138 Å². The monoisotopic (exact) mass is 359 g/mol. The van der Waals surface area contributed by atoms with Crippen molar-refractivity contribution >= 4 is 37.7 Å². The first-order valence-electron chi connectivity index (χ1n) is 7.02. The van der Waals surface area contributed by atoms with Gasteiger partial charge in [0.1, 0.15) is 5.82 Å². The minimum Gasteiger partial charge on any atom is -0.286 e. The lowest BCUT2D eigenvalue weighted by molar-refractivity contribution is -0.161. The summed E-state index contributed by atoms with van der Waals surface area (Å²) in [6, 6.07) is 4.05. The summed E-state index contributed by atoms with van der Waals surface area (Å²) in [5, 5.41) is 11.7. The fourth-order valence-corrected chi connectivity index (χ4v) is 5.01. The number of hydrogen-bond donors (Lipinski definition) is 1. The van der Waals surface area contributed by atoms with Gasteiger partial charge in [0.15, 0.2) is 9.84 Å². The fourth-order valence-electron chi connectivity index (χ4n) is 2.36. The molecule has 1 N–H and O–H groups in total. The normalized spacial score (nSPS) is 13.4. The molecule has 0 fully saturated rings. The van der Waals surface area contributed by atoms with Crippen LogP contribution in [0.15, 0.2) is 23.6 Å². The number of carbonyl (C=O) groups excluding carboxylic acids is 1. The fraction of sp³-hybridized carbons (Fsp3) is 0.400. The second-order valence-electron chi connectivity index (χ2n) is 5.77. The van der Waals surface area contributed by atoms with Gasteiger partial charge in [0, 0.05) is 15.5 Å². The molecule has 0 aliphatic heterocycles. The molecule has 0 unspecified atom stereocenters. The number of halogens is 1. The molecular formula is C15H18FNO4S2. The SMILES string of the molecule is CC(C)[C@@H](CS(=O)(=O)Cc1ccc2scc(F)c2c1)N(O)C=O. The van der Waals surface area contributed by atoms with Crippen molar-refractivity contribution in [3.63, 3.8) is 0 Å². The van der Waals surface area contributed by atoms with Crippen molar-refractivity contribution in [1.82, 2.24) is 5.06 Å². The molecule has 0 spiro atoms. The van der Waals surface area contributed by atoms with Crippen LogP contribution in [0.4, 0.5) is 4.39 Å². The molecule has 0 radical (unpaired) electrons. The predicted molar refractivity (Wildman–Crippen MR) is 87.6 cm³/mol. The smallest absolute Gasteiger partial charge is 0.233 e. The third-order valence-electron chi connectivity index (χ3n) is 3.62. The summed E-state index contributed by atoms with van der Waals surface area (Å²) >= 11 is 1.26. The van der Waals surface area contributed by atoms with Crippen molar-refractivity contribution in [2.45, 2.75) is 25.6 Å². The Morgan fingerprint density at radius 3 is 2.70 bits per heavy atom. The Balaban J connectivity index is 2.21. The van der Waals surface area contributed by atoms with Crippen LogP contribution in [0.1, 0.15) is 19.4 Å². The highest BCUT2D eigenvalue weighted by atomic mass is 32.2. The number of amides is 1. The molecule has 1 atom stereocenters. The lowest BCUT2D eigenvalue weighted by atomic mass is 10.1. The van der Waals surface area contributed by atoms with Crippen molar-refractivity contribution in [3.05, 3.63) is 35.0 Å². The molecule has 1 heterocycles. The molecule has 2 rings (SSSR count). The van der Waals surface area contributed by atoms with Crippen molar-refractivity contribution < 1.29 is 22.8 Å². The summed E-state index contributed by atoms with van der Waals surface area (Å²) in [5.74, 6) is -1.22. The van der Waals surface area contributed by atoms with E-state index in [0.29, 0.717) is 16.0 Å². The number of carbonyl (C=O) groups is 1. The van der Waals surface area contributed by atoms with E-state index >= 15 is 0 Å². The third-order valence-corrected chi connectivity index (χ3v) is 6.18. The van der Waals surface area contributed by atoms with Crippen LogP contribution >= 0.6 is 11.3 Å². The number of nitrogens with zero attached hydrogens (tertiary/aromatic N) is 1. The third kappa shape index (κ3) is 4.27. The zero-order chi connectivity index (χ0) is 17.2. The Morgan fingerprint density at radius 1 is 1.39 bits per heavy atom. The molecule has 0 bridgehead atoms. The van der Waals surface area contributed by atoms with Crippen LogP contribution in [0, 0.1) is 11.7 Å². The summed E-state index contributed by atoms with van der Waals surface area (Å²) in [4.78, 5) is 10.7. The van der Waals surface area contributed by atoms with E-state index in [4.69, 9.17) is 0 Å². The van der Waals surface area contributed by atoms with E-state index in [9.17, 15) is 22.8 Å². The van der Waals surface area contributed by atoms with Gasteiger partial charge in [0.05, 0.1) is 17.5 Å². The highest BCUT2D eigenvalue weighted by Gasteiger charge is 2.26.